The van der Waals surface area contributed by atoms with Crippen molar-refractivity contribution in [3.63, 3.8) is 0 Å². The minimum absolute atomic E-state index is 0.615. The molecule has 11 rings (SSSR count). The summed E-state index contributed by atoms with van der Waals surface area (Å²) in [5.74, 6) is 1.88. The highest BCUT2D eigenvalue weighted by Crippen LogP contribution is 2.49. The van der Waals surface area contributed by atoms with Gasteiger partial charge in [0.1, 0.15) is 11.2 Å². The van der Waals surface area contributed by atoms with E-state index in [1.807, 2.05) is 78.1 Å². The SMILES string of the molecule is c1ccc(-c2nc(-c3ccccc3)nc(-c3cccc(-c4c(-c5ccc(-c6ccccc6)c6c5sc5ccccc56)ccc5oc6ccccc6c45)c3)n2)cc1. The standard InChI is InChI=1S/C51H31N3OS/c1-4-15-32(16-5-1)37-27-28-39(48-46(37)41-24-11-13-26-44(41)56-48)38-29-30-43-47(40-23-10-12-25-42(40)55-43)45(38)35-21-14-22-36(31-35)51-53-49(33-17-6-2-7-18-33)52-50(54-51)34-19-8-3-9-20-34/h1-31H. The van der Waals surface area contributed by atoms with Crippen LogP contribution in [0, 0.1) is 0 Å². The summed E-state index contributed by atoms with van der Waals surface area (Å²) in [5.41, 5.74) is 11.4. The van der Waals surface area contributed by atoms with Crippen LogP contribution in [-0.4, -0.2) is 15.0 Å². The van der Waals surface area contributed by atoms with Crippen LogP contribution in [-0.2, 0) is 0 Å². The number of rotatable bonds is 6. The second-order valence-corrected chi connectivity index (χ2v) is 15.0. The molecular formula is C51H31N3OS. The first kappa shape index (κ1) is 32.2. The van der Waals surface area contributed by atoms with E-state index in [1.54, 1.807) is 0 Å². The number of nitrogens with zero attached hydrogens (tertiary/aromatic N) is 3. The van der Waals surface area contributed by atoms with Crippen molar-refractivity contribution in [2.45, 2.75) is 0 Å². The Morgan fingerprint density at radius 3 is 1.61 bits per heavy atom. The number of hydrogen-bond acceptors (Lipinski definition) is 5. The molecule has 262 valence electrons. The van der Waals surface area contributed by atoms with Crippen molar-refractivity contribution in [1.82, 2.24) is 15.0 Å². The monoisotopic (exact) mass is 733 g/mol. The fraction of sp³-hybridized carbons (Fsp3) is 0. The molecule has 0 atom stereocenters. The molecule has 56 heavy (non-hydrogen) atoms. The van der Waals surface area contributed by atoms with Gasteiger partial charge in [-0.15, -0.1) is 11.3 Å². The summed E-state index contributed by atoms with van der Waals surface area (Å²) in [4.78, 5) is 15.1. The van der Waals surface area contributed by atoms with Gasteiger partial charge in [-0.05, 0) is 52.6 Å². The van der Waals surface area contributed by atoms with E-state index in [4.69, 9.17) is 19.4 Å². The zero-order valence-corrected chi connectivity index (χ0v) is 30.9. The first-order chi connectivity index (χ1) is 27.8. The van der Waals surface area contributed by atoms with E-state index in [9.17, 15) is 0 Å². The van der Waals surface area contributed by atoms with E-state index in [1.165, 1.54) is 36.9 Å². The first-order valence-corrected chi connectivity index (χ1v) is 19.5. The summed E-state index contributed by atoms with van der Waals surface area (Å²) < 4.78 is 9.06. The van der Waals surface area contributed by atoms with E-state index in [2.05, 4.69) is 121 Å². The zero-order chi connectivity index (χ0) is 37.0. The third-order valence-corrected chi connectivity index (χ3v) is 11.8. The number of aromatic nitrogens is 3. The average molecular weight is 734 g/mol. The predicted octanol–water partition coefficient (Wildman–Crippen LogP) is 14.1. The lowest BCUT2D eigenvalue weighted by Crippen LogP contribution is -2.00. The summed E-state index contributed by atoms with van der Waals surface area (Å²) in [6, 6.07) is 65.6. The van der Waals surface area contributed by atoms with Crippen LogP contribution in [0.4, 0.5) is 0 Å². The van der Waals surface area contributed by atoms with Gasteiger partial charge in [0.05, 0.1) is 0 Å². The van der Waals surface area contributed by atoms with Gasteiger partial charge >= 0.3 is 0 Å². The lowest BCUT2D eigenvalue weighted by molar-refractivity contribution is 0.669. The molecule has 0 N–H and O–H groups in total. The molecular weight excluding hydrogens is 703 g/mol. The van der Waals surface area contributed by atoms with Crippen molar-refractivity contribution in [1.29, 1.82) is 0 Å². The van der Waals surface area contributed by atoms with Gasteiger partial charge in [0.2, 0.25) is 0 Å². The zero-order valence-electron chi connectivity index (χ0n) is 30.1. The molecule has 5 heteroatoms. The molecule has 0 amide bonds. The number of para-hydroxylation sites is 1. The number of benzene rings is 8. The second-order valence-electron chi connectivity index (χ2n) is 13.9. The van der Waals surface area contributed by atoms with Gasteiger partial charge < -0.3 is 4.42 Å². The van der Waals surface area contributed by atoms with Crippen LogP contribution in [0.3, 0.4) is 0 Å². The second kappa shape index (κ2) is 13.3. The third-order valence-electron chi connectivity index (χ3n) is 10.6. The van der Waals surface area contributed by atoms with Crippen molar-refractivity contribution in [3.8, 4) is 67.5 Å². The molecule has 0 bridgehead atoms. The van der Waals surface area contributed by atoms with Gasteiger partial charge in [-0.3, -0.25) is 0 Å². The van der Waals surface area contributed by atoms with E-state index in [-0.39, 0.29) is 0 Å². The van der Waals surface area contributed by atoms with E-state index in [0.717, 1.165) is 55.3 Å². The molecule has 0 spiro atoms. The van der Waals surface area contributed by atoms with Crippen molar-refractivity contribution >= 4 is 53.4 Å². The molecule has 0 aliphatic rings. The van der Waals surface area contributed by atoms with Crippen LogP contribution in [0.15, 0.2) is 192 Å². The van der Waals surface area contributed by atoms with Crippen molar-refractivity contribution in [2.24, 2.45) is 0 Å². The smallest absolute Gasteiger partial charge is 0.164 e. The van der Waals surface area contributed by atoms with Crippen molar-refractivity contribution < 1.29 is 4.42 Å². The summed E-state index contributed by atoms with van der Waals surface area (Å²) in [5, 5.41) is 4.71. The van der Waals surface area contributed by atoms with Crippen LogP contribution in [0.5, 0.6) is 0 Å². The van der Waals surface area contributed by atoms with Crippen LogP contribution in [0.2, 0.25) is 0 Å². The molecule has 0 aliphatic carbocycles. The topological polar surface area (TPSA) is 51.8 Å². The molecule has 11 aromatic rings. The Labute approximate surface area is 327 Å². The van der Waals surface area contributed by atoms with Gasteiger partial charge in [-0.1, -0.05) is 158 Å². The van der Waals surface area contributed by atoms with Gasteiger partial charge in [0, 0.05) is 58.8 Å². The maximum absolute atomic E-state index is 6.53. The summed E-state index contributed by atoms with van der Waals surface area (Å²) in [6.07, 6.45) is 0. The Bertz CT molecular complexity index is 3180. The van der Waals surface area contributed by atoms with Crippen molar-refractivity contribution in [3.05, 3.63) is 188 Å². The Balaban J connectivity index is 1.18. The van der Waals surface area contributed by atoms with Gasteiger partial charge in [0.15, 0.2) is 17.5 Å². The fourth-order valence-corrected chi connectivity index (χ4v) is 9.25. The Morgan fingerprint density at radius 2 is 0.893 bits per heavy atom. The maximum Gasteiger partial charge on any atom is 0.164 e. The van der Waals surface area contributed by atoms with Crippen LogP contribution in [0.25, 0.3) is 110 Å². The molecule has 4 nitrogen and oxygen atoms in total. The maximum atomic E-state index is 6.53. The number of thiophene rings is 1. The first-order valence-electron chi connectivity index (χ1n) is 18.7. The normalized spacial score (nSPS) is 11.6. The molecule has 3 aromatic heterocycles. The van der Waals surface area contributed by atoms with E-state index >= 15 is 0 Å². The van der Waals surface area contributed by atoms with E-state index in [0.29, 0.717) is 17.5 Å². The lowest BCUT2D eigenvalue weighted by atomic mass is 9.88. The third kappa shape index (κ3) is 5.40. The van der Waals surface area contributed by atoms with Gasteiger partial charge in [0.25, 0.3) is 0 Å². The molecule has 0 fully saturated rings. The quantitative estimate of drug-likeness (QED) is 0.171. The number of furan rings is 1. The molecule has 0 saturated carbocycles. The van der Waals surface area contributed by atoms with E-state index < -0.39 is 0 Å². The lowest BCUT2D eigenvalue weighted by Gasteiger charge is -2.16. The van der Waals surface area contributed by atoms with Crippen molar-refractivity contribution in [2.75, 3.05) is 0 Å². The Kier molecular flexibility index (Phi) is 7.64. The highest BCUT2D eigenvalue weighted by atomic mass is 32.1. The van der Waals surface area contributed by atoms with Crippen LogP contribution < -0.4 is 0 Å². The molecule has 3 heterocycles. The van der Waals surface area contributed by atoms with Gasteiger partial charge in [-0.2, -0.15) is 0 Å². The summed E-state index contributed by atoms with van der Waals surface area (Å²) >= 11 is 1.86. The fourth-order valence-electron chi connectivity index (χ4n) is 7.99. The van der Waals surface area contributed by atoms with Gasteiger partial charge in [-0.25, -0.2) is 15.0 Å². The van der Waals surface area contributed by atoms with Crippen LogP contribution >= 0.6 is 11.3 Å². The molecule has 0 saturated heterocycles. The summed E-state index contributed by atoms with van der Waals surface area (Å²) in [6.45, 7) is 0. The highest BCUT2D eigenvalue weighted by molar-refractivity contribution is 7.26. The largest absolute Gasteiger partial charge is 0.456 e. The minimum Gasteiger partial charge on any atom is -0.456 e. The summed E-state index contributed by atoms with van der Waals surface area (Å²) in [7, 11) is 0. The molecule has 0 unspecified atom stereocenters. The predicted molar refractivity (Wildman–Crippen MR) is 233 cm³/mol. The minimum atomic E-state index is 0.615. The molecule has 0 radical (unpaired) electrons. The Morgan fingerprint density at radius 1 is 0.357 bits per heavy atom. The average Bonchev–Trinajstić information content (AvgIpc) is 3.86. The highest BCUT2D eigenvalue weighted by Gasteiger charge is 2.22. The Hall–Kier alpha value is -7.21. The number of fused-ring (bicyclic) bond motifs is 6. The molecule has 0 aliphatic heterocycles. The number of hydrogen-bond donors (Lipinski definition) is 0. The molecule has 8 aromatic carbocycles. The van der Waals surface area contributed by atoms with Crippen LogP contribution in [0.1, 0.15) is 0 Å².